The highest BCUT2D eigenvalue weighted by atomic mass is 15.2. The maximum Gasteiger partial charge on any atom is 0.0344 e. The Balaban J connectivity index is 2.10. The van der Waals surface area contributed by atoms with E-state index in [1.807, 2.05) is 0 Å². The zero-order valence-corrected chi connectivity index (χ0v) is 13.2. The van der Waals surface area contributed by atoms with E-state index >= 15 is 0 Å². The molecule has 3 nitrogen and oxygen atoms in total. The molecule has 2 fully saturated rings. The summed E-state index contributed by atoms with van der Waals surface area (Å²) in [7, 11) is 4.60. The van der Waals surface area contributed by atoms with E-state index in [4.69, 9.17) is 5.73 Å². The van der Waals surface area contributed by atoms with Crippen molar-refractivity contribution < 1.29 is 0 Å². The van der Waals surface area contributed by atoms with Crippen LogP contribution in [0.1, 0.15) is 51.9 Å². The third-order valence-corrected chi connectivity index (χ3v) is 5.83. The minimum atomic E-state index is 0.251. The Labute approximate surface area is 119 Å². The lowest BCUT2D eigenvalue weighted by Gasteiger charge is -2.48. The predicted octanol–water partition coefficient (Wildman–Crippen LogP) is 2.31. The molecule has 1 saturated heterocycles. The number of rotatable bonds is 3. The number of nitrogens with zero attached hydrogens (tertiary/aromatic N) is 2. The first-order valence-electron chi connectivity index (χ1n) is 8.20. The van der Waals surface area contributed by atoms with E-state index < -0.39 is 0 Å². The molecule has 2 N–H and O–H groups in total. The summed E-state index contributed by atoms with van der Waals surface area (Å²) in [5.74, 6) is 0.836. The molecule has 0 aromatic heterocycles. The van der Waals surface area contributed by atoms with E-state index in [2.05, 4.69) is 30.8 Å². The first kappa shape index (κ1) is 15.3. The molecule has 1 aliphatic carbocycles. The quantitative estimate of drug-likeness (QED) is 0.852. The van der Waals surface area contributed by atoms with Gasteiger partial charge in [0.15, 0.2) is 0 Å². The van der Waals surface area contributed by atoms with Crippen molar-refractivity contribution >= 4 is 0 Å². The van der Waals surface area contributed by atoms with E-state index in [1.54, 1.807) is 0 Å². The van der Waals surface area contributed by atoms with Crippen molar-refractivity contribution in [3.05, 3.63) is 0 Å². The van der Waals surface area contributed by atoms with Gasteiger partial charge in [0.2, 0.25) is 0 Å². The molecule has 1 heterocycles. The summed E-state index contributed by atoms with van der Waals surface area (Å²) in [4.78, 5) is 5.16. The van der Waals surface area contributed by atoms with Crippen LogP contribution in [0, 0.1) is 5.92 Å². The average Bonchev–Trinajstić information content (AvgIpc) is 2.61. The van der Waals surface area contributed by atoms with Crippen LogP contribution in [0.4, 0.5) is 0 Å². The Morgan fingerprint density at radius 3 is 2.58 bits per heavy atom. The zero-order valence-electron chi connectivity index (χ0n) is 13.2. The molecule has 112 valence electrons. The highest BCUT2D eigenvalue weighted by molar-refractivity contribution is 4.97. The molecule has 0 bridgehead atoms. The van der Waals surface area contributed by atoms with Crippen molar-refractivity contribution in [1.82, 2.24) is 9.80 Å². The topological polar surface area (TPSA) is 32.5 Å². The largest absolute Gasteiger partial charge is 0.329 e. The Hall–Kier alpha value is -0.120. The van der Waals surface area contributed by atoms with Crippen LogP contribution in [0.25, 0.3) is 0 Å². The second-order valence-electron chi connectivity index (χ2n) is 7.03. The molecule has 0 spiro atoms. The van der Waals surface area contributed by atoms with Gasteiger partial charge in [-0.25, -0.2) is 0 Å². The van der Waals surface area contributed by atoms with Gasteiger partial charge < -0.3 is 10.6 Å². The summed E-state index contributed by atoms with van der Waals surface area (Å²) in [6.07, 6.45) is 9.39. The Morgan fingerprint density at radius 2 is 1.89 bits per heavy atom. The maximum atomic E-state index is 6.25. The summed E-state index contributed by atoms with van der Waals surface area (Å²) in [5.41, 5.74) is 6.50. The average molecular weight is 267 g/mol. The van der Waals surface area contributed by atoms with Crippen molar-refractivity contribution in [3.8, 4) is 0 Å². The highest BCUT2D eigenvalue weighted by Gasteiger charge is 2.39. The zero-order chi connectivity index (χ0) is 13.9. The van der Waals surface area contributed by atoms with Crippen molar-refractivity contribution in [1.29, 1.82) is 0 Å². The van der Waals surface area contributed by atoms with Crippen molar-refractivity contribution in [3.63, 3.8) is 0 Å². The van der Waals surface area contributed by atoms with Gasteiger partial charge in [-0.3, -0.25) is 4.90 Å². The first-order valence-corrected chi connectivity index (χ1v) is 8.20. The van der Waals surface area contributed by atoms with Gasteiger partial charge >= 0.3 is 0 Å². The lowest BCUT2D eigenvalue weighted by atomic mass is 9.80. The highest BCUT2D eigenvalue weighted by Crippen LogP contribution is 2.35. The van der Waals surface area contributed by atoms with E-state index in [0.29, 0.717) is 0 Å². The number of hydrogen-bond acceptors (Lipinski definition) is 3. The standard InChI is InChI=1S/C16H33N3/c1-14-7-4-5-8-15(14)19(3)16(13-17)9-6-11-18(2)12-10-16/h14-15H,4-13,17H2,1-3H3. The monoisotopic (exact) mass is 267 g/mol. The van der Waals surface area contributed by atoms with E-state index in [9.17, 15) is 0 Å². The van der Waals surface area contributed by atoms with Crippen molar-refractivity contribution in [2.45, 2.75) is 63.5 Å². The third kappa shape index (κ3) is 3.32. The molecule has 19 heavy (non-hydrogen) atoms. The Bertz CT molecular complexity index is 281. The minimum Gasteiger partial charge on any atom is -0.329 e. The van der Waals surface area contributed by atoms with Gasteiger partial charge in [0.05, 0.1) is 0 Å². The normalized spacial score (nSPS) is 38.4. The molecule has 2 rings (SSSR count). The molecule has 0 radical (unpaired) electrons. The molecule has 0 amide bonds. The maximum absolute atomic E-state index is 6.25. The molecule has 1 aliphatic heterocycles. The van der Waals surface area contributed by atoms with Gasteiger partial charge in [-0.2, -0.15) is 0 Å². The SMILES string of the molecule is CC1CCCCC1N(C)C1(CN)CCCN(C)CC1. The van der Waals surface area contributed by atoms with E-state index in [-0.39, 0.29) is 5.54 Å². The second-order valence-corrected chi connectivity index (χ2v) is 7.03. The van der Waals surface area contributed by atoms with Crippen molar-refractivity contribution in [2.24, 2.45) is 11.7 Å². The third-order valence-electron chi connectivity index (χ3n) is 5.83. The van der Waals surface area contributed by atoms with Crippen LogP contribution in [0.2, 0.25) is 0 Å². The molecule has 3 atom stereocenters. The van der Waals surface area contributed by atoms with Gasteiger partial charge in [-0.05, 0) is 65.2 Å². The molecular weight excluding hydrogens is 234 g/mol. The van der Waals surface area contributed by atoms with Crippen LogP contribution >= 0.6 is 0 Å². The van der Waals surface area contributed by atoms with Gasteiger partial charge in [-0.15, -0.1) is 0 Å². The van der Waals surface area contributed by atoms with Crippen molar-refractivity contribution in [2.75, 3.05) is 33.7 Å². The van der Waals surface area contributed by atoms with Gasteiger partial charge in [0, 0.05) is 18.1 Å². The summed E-state index contributed by atoms with van der Waals surface area (Å²) in [6.45, 7) is 5.69. The molecular formula is C16H33N3. The number of likely N-dealkylation sites (N-methyl/N-ethyl adjacent to an activating group) is 1. The van der Waals surface area contributed by atoms with E-state index in [0.717, 1.165) is 18.5 Å². The molecule has 2 aliphatic rings. The second kappa shape index (κ2) is 6.55. The summed E-state index contributed by atoms with van der Waals surface area (Å²) >= 11 is 0. The first-order chi connectivity index (χ1) is 9.09. The fourth-order valence-corrected chi connectivity index (χ4v) is 4.24. The van der Waals surface area contributed by atoms with Gasteiger partial charge in [0.1, 0.15) is 0 Å². The van der Waals surface area contributed by atoms with Crippen LogP contribution in [0.15, 0.2) is 0 Å². The molecule has 3 unspecified atom stereocenters. The smallest absolute Gasteiger partial charge is 0.0344 e. The predicted molar refractivity (Wildman–Crippen MR) is 82.3 cm³/mol. The molecule has 1 saturated carbocycles. The van der Waals surface area contributed by atoms with Crippen LogP contribution in [0.5, 0.6) is 0 Å². The van der Waals surface area contributed by atoms with E-state index in [1.165, 1.54) is 58.0 Å². The number of likely N-dealkylation sites (tertiary alicyclic amines) is 1. The molecule has 0 aromatic rings. The lowest BCUT2D eigenvalue weighted by molar-refractivity contribution is 0.0218. The van der Waals surface area contributed by atoms with Gasteiger partial charge in [-0.1, -0.05) is 19.8 Å². The molecule has 0 aromatic carbocycles. The number of hydrogen-bond donors (Lipinski definition) is 1. The molecule has 3 heteroatoms. The fourth-order valence-electron chi connectivity index (χ4n) is 4.24. The summed E-state index contributed by atoms with van der Waals surface area (Å²) < 4.78 is 0. The minimum absolute atomic E-state index is 0.251. The number of nitrogens with two attached hydrogens (primary N) is 1. The van der Waals surface area contributed by atoms with Gasteiger partial charge in [0.25, 0.3) is 0 Å². The van der Waals surface area contributed by atoms with Crippen LogP contribution in [0.3, 0.4) is 0 Å². The van der Waals surface area contributed by atoms with Crippen LogP contribution < -0.4 is 5.73 Å². The summed E-state index contributed by atoms with van der Waals surface area (Å²) in [5, 5.41) is 0. The summed E-state index contributed by atoms with van der Waals surface area (Å²) in [6, 6.07) is 0.751. The van der Waals surface area contributed by atoms with Crippen LogP contribution in [-0.4, -0.2) is 55.1 Å². The fraction of sp³-hybridized carbons (Fsp3) is 1.00. The van der Waals surface area contributed by atoms with Crippen LogP contribution in [-0.2, 0) is 0 Å². The lowest BCUT2D eigenvalue weighted by Crippen LogP contribution is -2.58. The Kier molecular flexibility index (Phi) is 5.27. The Morgan fingerprint density at radius 1 is 1.16 bits per heavy atom.